The molecule has 4 nitrogen and oxygen atoms in total. The summed E-state index contributed by atoms with van der Waals surface area (Å²) < 4.78 is 5.14. The van der Waals surface area contributed by atoms with E-state index in [0.29, 0.717) is 6.54 Å². The van der Waals surface area contributed by atoms with E-state index in [1.54, 1.807) is 6.92 Å². The molecule has 1 atom stereocenters. The van der Waals surface area contributed by atoms with Gasteiger partial charge < -0.3 is 20.3 Å². The van der Waals surface area contributed by atoms with Gasteiger partial charge in [0, 0.05) is 19.8 Å². The molecule has 0 aliphatic carbocycles. The Bertz CT molecular complexity index is 117. The van der Waals surface area contributed by atoms with Crippen LogP contribution in [0.4, 0.5) is 0 Å². The molecule has 0 fully saturated rings. The smallest absolute Gasteiger partial charge is 0.0972 e. The molecule has 0 heterocycles. The molecule has 0 bridgehead atoms. The van der Waals surface area contributed by atoms with E-state index >= 15 is 0 Å². The first kappa shape index (κ1) is 12.8. The van der Waals surface area contributed by atoms with E-state index in [9.17, 15) is 5.11 Å². The minimum atomic E-state index is -1.01. The number of nitrogens with one attached hydrogen (secondary N) is 1. The number of rotatable bonds is 8. The summed E-state index contributed by atoms with van der Waals surface area (Å²) in [6.07, 6.45) is 0.926. The van der Waals surface area contributed by atoms with Crippen LogP contribution < -0.4 is 5.32 Å². The van der Waals surface area contributed by atoms with Crippen LogP contribution in [-0.2, 0) is 4.74 Å². The predicted molar refractivity (Wildman–Crippen MR) is 51.7 cm³/mol. The Labute approximate surface area is 79.9 Å². The first-order valence-electron chi connectivity index (χ1n) is 4.74. The van der Waals surface area contributed by atoms with Gasteiger partial charge in [-0.25, -0.2) is 0 Å². The van der Waals surface area contributed by atoms with Crippen LogP contribution in [0.3, 0.4) is 0 Å². The highest BCUT2D eigenvalue weighted by atomic mass is 16.5. The maximum Gasteiger partial charge on any atom is 0.0972 e. The lowest BCUT2D eigenvalue weighted by Crippen LogP contribution is -2.41. The molecule has 0 spiro atoms. The van der Waals surface area contributed by atoms with Crippen LogP contribution in [0, 0.1) is 0 Å². The zero-order valence-electron chi connectivity index (χ0n) is 8.55. The van der Waals surface area contributed by atoms with Gasteiger partial charge >= 0.3 is 0 Å². The Morgan fingerprint density at radius 1 is 1.46 bits per heavy atom. The Hall–Kier alpha value is -0.160. The van der Waals surface area contributed by atoms with E-state index in [1.807, 2.05) is 6.92 Å². The van der Waals surface area contributed by atoms with Gasteiger partial charge in [-0.05, 0) is 26.8 Å². The van der Waals surface area contributed by atoms with Crippen molar-refractivity contribution >= 4 is 0 Å². The Balaban J connectivity index is 3.16. The summed E-state index contributed by atoms with van der Waals surface area (Å²) in [6.45, 7) is 6.04. The van der Waals surface area contributed by atoms with Crippen LogP contribution in [0.5, 0.6) is 0 Å². The second kappa shape index (κ2) is 7.26. The molecule has 0 amide bonds. The second-order valence-corrected chi connectivity index (χ2v) is 3.38. The molecular weight excluding hydrogens is 170 g/mol. The second-order valence-electron chi connectivity index (χ2n) is 3.38. The van der Waals surface area contributed by atoms with Crippen LogP contribution in [-0.4, -0.2) is 48.7 Å². The molecular formula is C9H21NO3. The molecule has 0 aromatic heterocycles. The van der Waals surface area contributed by atoms with Crippen molar-refractivity contribution in [2.45, 2.75) is 25.9 Å². The zero-order chi connectivity index (χ0) is 10.2. The molecule has 0 aromatic rings. The van der Waals surface area contributed by atoms with Gasteiger partial charge in [0.05, 0.1) is 12.2 Å². The average Bonchev–Trinajstić information content (AvgIpc) is 2.11. The lowest BCUT2D eigenvalue weighted by atomic mass is 10.1. The van der Waals surface area contributed by atoms with Gasteiger partial charge in [0.2, 0.25) is 0 Å². The highest BCUT2D eigenvalue weighted by molar-refractivity contribution is 4.73. The predicted octanol–water partition coefficient (Wildman–Crippen LogP) is -0.254. The van der Waals surface area contributed by atoms with Gasteiger partial charge in [-0.15, -0.1) is 0 Å². The van der Waals surface area contributed by atoms with E-state index in [2.05, 4.69) is 5.32 Å². The summed E-state index contributed by atoms with van der Waals surface area (Å²) in [4.78, 5) is 0. The minimum absolute atomic E-state index is 0.217. The maximum absolute atomic E-state index is 9.38. The standard InChI is InChI=1S/C9H21NO3/c1-3-13-6-4-5-10-7-9(2,12)8-11/h10-12H,3-8H2,1-2H3. The number of ether oxygens (including phenoxy) is 1. The molecule has 3 N–H and O–H groups in total. The highest BCUT2D eigenvalue weighted by Crippen LogP contribution is 1.97. The van der Waals surface area contributed by atoms with E-state index in [4.69, 9.17) is 9.84 Å². The summed E-state index contributed by atoms with van der Waals surface area (Å²) in [6, 6.07) is 0. The van der Waals surface area contributed by atoms with E-state index in [0.717, 1.165) is 26.2 Å². The number of hydrogen-bond acceptors (Lipinski definition) is 4. The Morgan fingerprint density at radius 2 is 2.15 bits per heavy atom. The topological polar surface area (TPSA) is 61.7 Å². The molecule has 0 saturated carbocycles. The molecule has 0 radical (unpaired) electrons. The van der Waals surface area contributed by atoms with Crippen molar-refractivity contribution in [3.8, 4) is 0 Å². The van der Waals surface area contributed by atoms with E-state index < -0.39 is 5.60 Å². The third kappa shape index (κ3) is 8.18. The van der Waals surface area contributed by atoms with Crippen LogP contribution in [0.15, 0.2) is 0 Å². The largest absolute Gasteiger partial charge is 0.393 e. The Kier molecular flexibility index (Phi) is 7.17. The molecule has 0 aromatic carbocycles. The summed E-state index contributed by atoms with van der Waals surface area (Å²) in [7, 11) is 0. The van der Waals surface area contributed by atoms with Gasteiger partial charge in [0.15, 0.2) is 0 Å². The summed E-state index contributed by atoms with van der Waals surface area (Å²) in [5.74, 6) is 0. The molecule has 1 unspecified atom stereocenters. The molecule has 13 heavy (non-hydrogen) atoms. The average molecular weight is 191 g/mol. The molecule has 0 aliphatic rings. The normalized spacial score (nSPS) is 15.7. The minimum Gasteiger partial charge on any atom is -0.393 e. The summed E-state index contributed by atoms with van der Waals surface area (Å²) in [5, 5.41) is 21.1. The third-order valence-corrected chi connectivity index (χ3v) is 1.69. The van der Waals surface area contributed by atoms with Crippen molar-refractivity contribution in [2.75, 3.05) is 32.9 Å². The highest BCUT2D eigenvalue weighted by Gasteiger charge is 2.17. The van der Waals surface area contributed by atoms with Crippen LogP contribution in [0.25, 0.3) is 0 Å². The fraction of sp³-hybridized carbons (Fsp3) is 1.00. The summed E-state index contributed by atoms with van der Waals surface area (Å²) >= 11 is 0. The fourth-order valence-corrected chi connectivity index (χ4v) is 0.857. The molecule has 0 rings (SSSR count). The fourth-order valence-electron chi connectivity index (χ4n) is 0.857. The number of aliphatic hydroxyl groups excluding tert-OH is 1. The van der Waals surface area contributed by atoms with Crippen LogP contribution in [0.2, 0.25) is 0 Å². The first-order valence-corrected chi connectivity index (χ1v) is 4.74. The zero-order valence-corrected chi connectivity index (χ0v) is 8.55. The van der Waals surface area contributed by atoms with Crippen molar-refractivity contribution in [3.63, 3.8) is 0 Å². The monoisotopic (exact) mass is 191 g/mol. The van der Waals surface area contributed by atoms with Gasteiger partial charge in [-0.2, -0.15) is 0 Å². The van der Waals surface area contributed by atoms with E-state index in [-0.39, 0.29) is 6.61 Å². The molecule has 0 aliphatic heterocycles. The Morgan fingerprint density at radius 3 is 2.69 bits per heavy atom. The third-order valence-electron chi connectivity index (χ3n) is 1.69. The van der Waals surface area contributed by atoms with Gasteiger partial charge in [-0.3, -0.25) is 0 Å². The van der Waals surface area contributed by atoms with Crippen molar-refractivity contribution in [2.24, 2.45) is 0 Å². The van der Waals surface area contributed by atoms with Crippen LogP contribution in [0.1, 0.15) is 20.3 Å². The molecule has 0 saturated heterocycles. The van der Waals surface area contributed by atoms with Crippen LogP contribution >= 0.6 is 0 Å². The van der Waals surface area contributed by atoms with Crippen molar-refractivity contribution < 1.29 is 14.9 Å². The number of aliphatic hydroxyl groups is 2. The quantitative estimate of drug-likeness (QED) is 0.463. The SMILES string of the molecule is CCOCCCNCC(C)(O)CO. The summed E-state index contributed by atoms with van der Waals surface area (Å²) in [5.41, 5.74) is -1.01. The van der Waals surface area contributed by atoms with E-state index in [1.165, 1.54) is 0 Å². The van der Waals surface area contributed by atoms with Gasteiger partial charge in [0.1, 0.15) is 0 Å². The lowest BCUT2D eigenvalue weighted by molar-refractivity contribution is 0.00251. The lowest BCUT2D eigenvalue weighted by Gasteiger charge is -2.20. The van der Waals surface area contributed by atoms with Gasteiger partial charge in [-0.1, -0.05) is 0 Å². The van der Waals surface area contributed by atoms with Crippen molar-refractivity contribution in [3.05, 3.63) is 0 Å². The molecule has 80 valence electrons. The maximum atomic E-state index is 9.38. The number of hydrogen-bond donors (Lipinski definition) is 3. The van der Waals surface area contributed by atoms with Crippen molar-refractivity contribution in [1.29, 1.82) is 0 Å². The first-order chi connectivity index (χ1) is 6.12. The molecule has 4 heteroatoms. The van der Waals surface area contributed by atoms with Gasteiger partial charge in [0.25, 0.3) is 0 Å². The van der Waals surface area contributed by atoms with Crippen molar-refractivity contribution in [1.82, 2.24) is 5.32 Å².